The summed E-state index contributed by atoms with van der Waals surface area (Å²) in [6.45, 7) is 1.68. The number of carbonyl (C=O) groups excluding carboxylic acids is 1. The molecular weight excluding hydrogens is 336 g/mol. The normalized spacial score (nSPS) is 20.1. The number of hydrogen-bond donors (Lipinski definition) is 3. The maximum atomic E-state index is 12.5. The van der Waals surface area contributed by atoms with Gasteiger partial charge in [-0.25, -0.2) is 9.97 Å². The molecule has 1 aliphatic rings. The van der Waals surface area contributed by atoms with E-state index in [9.17, 15) is 14.7 Å². The fourth-order valence-electron chi connectivity index (χ4n) is 3.11. The third-order valence-corrected chi connectivity index (χ3v) is 4.62. The number of aromatic nitrogens is 3. The Morgan fingerprint density at radius 3 is 2.73 bits per heavy atom. The van der Waals surface area contributed by atoms with E-state index in [2.05, 4.69) is 20.3 Å². The Bertz CT molecular complexity index is 828. The van der Waals surface area contributed by atoms with Crippen molar-refractivity contribution in [3.05, 3.63) is 51.8 Å². The molecule has 0 spiro atoms. The van der Waals surface area contributed by atoms with Crippen molar-refractivity contribution < 1.29 is 14.6 Å². The third-order valence-electron chi connectivity index (χ3n) is 4.62. The largest absolute Gasteiger partial charge is 0.481 e. The first kappa shape index (κ1) is 18.1. The number of aromatic amines is 1. The molecular formula is C18H22N4O4. The van der Waals surface area contributed by atoms with Gasteiger partial charge in [0, 0.05) is 24.0 Å². The second-order valence-corrected chi connectivity index (χ2v) is 6.56. The van der Waals surface area contributed by atoms with Gasteiger partial charge in [-0.15, -0.1) is 0 Å². The van der Waals surface area contributed by atoms with Crippen LogP contribution in [-0.4, -0.2) is 39.2 Å². The van der Waals surface area contributed by atoms with Crippen molar-refractivity contribution >= 4 is 5.91 Å². The fourth-order valence-corrected chi connectivity index (χ4v) is 3.11. The number of nitrogens with one attached hydrogen (secondary N) is 2. The maximum Gasteiger partial charge on any atom is 0.254 e. The average molecular weight is 358 g/mol. The number of nitrogens with zero attached hydrogens (tertiary/aromatic N) is 2. The number of hydrogen-bond acceptors (Lipinski definition) is 6. The Morgan fingerprint density at radius 1 is 1.38 bits per heavy atom. The highest BCUT2D eigenvalue weighted by atomic mass is 16.5. The van der Waals surface area contributed by atoms with Crippen molar-refractivity contribution in [1.82, 2.24) is 20.3 Å². The second kappa shape index (κ2) is 7.65. The Kier molecular flexibility index (Phi) is 5.32. The zero-order valence-electron chi connectivity index (χ0n) is 14.7. The SMILES string of the molecule is COc1ccc(C(NC(=O)Cc2cnc(C)[nH]c2=O)C2CC(O)C2)cn1. The number of ether oxygens (including phenoxy) is 1. The summed E-state index contributed by atoms with van der Waals surface area (Å²) in [5.41, 5.74) is 0.842. The molecule has 0 saturated heterocycles. The summed E-state index contributed by atoms with van der Waals surface area (Å²) in [4.78, 5) is 35.2. The molecule has 1 aliphatic carbocycles. The van der Waals surface area contributed by atoms with Crippen LogP contribution in [-0.2, 0) is 11.2 Å². The van der Waals surface area contributed by atoms with Gasteiger partial charge < -0.3 is 20.1 Å². The van der Waals surface area contributed by atoms with E-state index in [-0.39, 0.29) is 36.0 Å². The van der Waals surface area contributed by atoms with Crippen LogP contribution in [0.5, 0.6) is 5.88 Å². The van der Waals surface area contributed by atoms with Gasteiger partial charge in [0.2, 0.25) is 11.8 Å². The molecule has 3 N–H and O–H groups in total. The van der Waals surface area contributed by atoms with E-state index in [4.69, 9.17) is 4.74 Å². The predicted octanol–water partition coefficient (Wildman–Crippen LogP) is 0.653. The topological polar surface area (TPSA) is 117 Å². The molecule has 8 nitrogen and oxygen atoms in total. The highest BCUT2D eigenvalue weighted by molar-refractivity contribution is 5.78. The molecule has 2 aromatic rings. The van der Waals surface area contributed by atoms with E-state index in [1.54, 1.807) is 19.2 Å². The van der Waals surface area contributed by atoms with E-state index in [0.717, 1.165) is 5.56 Å². The summed E-state index contributed by atoms with van der Waals surface area (Å²) in [5, 5.41) is 12.6. The average Bonchev–Trinajstić information content (AvgIpc) is 2.60. The molecule has 2 aromatic heterocycles. The van der Waals surface area contributed by atoms with Crippen LogP contribution in [0, 0.1) is 12.8 Å². The lowest BCUT2D eigenvalue weighted by molar-refractivity contribution is -0.122. The van der Waals surface area contributed by atoms with Crippen molar-refractivity contribution in [2.75, 3.05) is 7.11 Å². The summed E-state index contributed by atoms with van der Waals surface area (Å²) in [7, 11) is 1.54. The smallest absolute Gasteiger partial charge is 0.254 e. The molecule has 2 heterocycles. The summed E-state index contributed by atoms with van der Waals surface area (Å²) in [6, 6.07) is 3.31. The van der Waals surface area contributed by atoms with Gasteiger partial charge in [0.1, 0.15) is 5.82 Å². The van der Waals surface area contributed by atoms with Gasteiger partial charge >= 0.3 is 0 Å². The summed E-state index contributed by atoms with van der Waals surface area (Å²) in [6.07, 6.45) is 3.92. The fraction of sp³-hybridized carbons (Fsp3) is 0.444. The van der Waals surface area contributed by atoms with Crippen molar-refractivity contribution in [2.24, 2.45) is 5.92 Å². The van der Waals surface area contributed by atoms with E-state index in [1.807, 2.05) is 6.07 Å². The van der Waals surface area contributed by atoms with Crippen LogP contribution in [0.1, 0.15) is 35.8 Å². The van der Waals surface area contributed by atoms with Crippen LogP contribution in [0.15, 0.2) is 29.3 Å². The first-order valence-corrected chi connectivity index (χ1v) is 8.48. The molecule has 0 aliphatic heterocycles. The lowest BCUT2D eigenvalue weighted by Gasteiger charge is -2.38. The van der Waals surface area contributed by atoms with Crippen LogP contribution in [0.4, 0.5) is 0 Å². The highest BCUT2D eigenvalue weighted by Gasteiger charge is 2.35. The molecule has 138 valence electrons. The van der Waals surface area contributed by atoms with Crippen LogP contribution in [0.2, 0.25) is 0 Å². The predicted molar refractivity (Wildman–Crippen MR) is 93.7 cm³/mol. The van der Waals surface area contributed by atoms with Crippen LogP contribution in [0.25, 0.3) is 0 Å². The van der Waals surface area contributed by atoms with Crippen LogP contribution in [0.3, 0.4) is 0 Å². The molecule has 0 bridgehead atoms. The van der Waals surface area contributed by atoms with Crippen molar-refractivity contribution in [2.45, 2.75) is 38.3 Å². The summed E-state index contributed by atoms with van der Waals surface area (Å²) < 4.78 is 5.07. The number of rotatable bonds is 6. The molecule has 1 amide bonds. The standard InChI is InChI=1S/C18H22N4O4/c1-10-19-9-13(18(25)21-10)7-15(24)22-17(12-5-14(23)6-12)11-3-4-16(26-2)20-8-11/h3-4,8-9,12,14,17,23H,5-7H2,1-2H3,(H,22,24)(H,19,21,25). The van der Waals surface area contributed by atoms with Crippen molar-refractivity contribution in [3.63, 3.8) is 0 Å². The molecule has 3 rings (SSSR count). The summed E-state index contributed by atoms with van der Waals surface area (Å²) >= 11 is 0. The van der Waals surface area contributed by atoms with Gasteiger partial charge in [-0.1, -0.05) is 6.07 Å². The number of carbonyl (C=O) groups is 1. The van der Waals surface area contributed by atoms with Gasteiger partial charge in [-0.3, -0.25) is 9.59 Å². The first-order chi connectivity index (χ1) is 12.5. The monoisotopic (exact) mass is 358 g/mol. The van der Waals surface area contributed by atoms with Gasteiger partial charge in [0.15, 0.2) is 0 Å². The lowest BCUT2D eigenvalue weighted by atomic mass is 9.75. The molecule has 1 atom stereocenters. The van der Waals surface area contributed by atoms with Gasteiger partial charge in [0.25, 0.3) is 5.56 Å². The van der Waals surface area contributed by atoms with Gasteiger partial charge in [0.05, 0.1) is 25.7 Å². The van der Waals surface area contributed by atoms with Gasteiger partial charge in [-0.05, 0) is 31.2 Å². The molecule has 26 heavy (non-hydrogen) atoms. The number of H-pyrrole nitrogens is 1. The Labute approximate surface area is 150 Å². The van der Waals surface area contributed by atoms with Gasteiger partial charge in [-0.2, -0.15) is 0 Å². The Morgan fingerprint density at radius 2 is 2.15 bits per heavy atom. The molecule has 1 fully saturated rings. The maximum absolute atomic E-state index is 12.5. The minimum absolute atomic E-state index is 0.0576. The van der Waals surface area contributed by atoms with E-state index >= 15 is 0 Å². The number of pyridine rings is 1. The van der Waals surface area contributed by atoms with Crippen molar-refractivity contribution in [1.29, 1.82) is 0 Å². The Hall–Kier alpha value is -2.74. The zero-order chi connectivity index (χ0) is 18.7. The molecule has 1 saturated carbocycles. The zero-order valence-corrected chi connectivity index (χ0v) is 14.7. The van der Waals surface area contributed by atoms with Crippen LogP contribution < -0.4 is 15.6 Å². The number of aliphatic hydroxyl groups excluding tert-OH is 1. The number of methoxy groups -OCH3 is 1. The molecule has 8 heteroatoms. The highest BCUT2D eigenvalue weighted by Crippen LogP contribution is 2.38. The molecule has 0 radical (unpaired) electrons. The number of aryl methyl sites for hydroxylation is 1. The van der Waals surface area contributed by atoms with E-state index < -0.39 is 0 Å². The lowest BCUT2D eigenvalue weighted by Crippen LogP contribution is -2.42. The quantitative estimate of drug-likeness (QED) is 0.698. The van der Waals surface area contributed by atoms with E-state index in [0.29, 0.717) is 30.1 Å². The van der Waals surface area contributed by atoms with Crippen molar-refractivity contribution in [3.8, 4) is 5.88 Å². The summed E-state index contributed by atoms with van der Waals surface area (Å²) in [5.74, 6) is 0.844. The van der Waals surface area contributed by atoms with E-state index in [1.165, 1.54) is 13.3 Å². The first-order valence-electron chi connectivity index (χ1n) is 8.48. The minimum atomic E-state index is -0.338. The Balaban J connectivity index is 1.74. The second-order valence-electron chi connectivity index (χ2n) is 6.56. The molecule has 0 aromatic carbocycles. The number of amides is 1. The van der Waals surface area contributed by atoms with Crippen LogP contribution >= 0.6 is 0 Å². The third kappa shape index (κ3) is 4.08. The minimum Gasteiger partial charge on any atom is -0.481 e. The molecule has 1 unspecified atom stereocenters. The number of aliphatic hydroxyl groups is 1.